The van der Waals surface area contributed by atoms with Crippen molar-refractivity contribution in [3.63, 3.8) is 0 Å². The maximum Gasteiger partial charge on any atom is 0.260 e. The van der Waals surface area contributed by atoms with Crippen LogP contribution >= 0.6 is 0 Å². The number of nitrogens with one attached hydrogen (secondary N) is 1. The van der Waals surface area contributed by atoms with E-state index in [9.17, 15) is 4.79 Å². The molecule has 0 saturated heterocycles. The lowest BCUT2D eigenvalue weighted by molar-refractivity contribution is -0.127. The average molecular weight is 341 g/mol. The molecule has 1 amide bonds. The lowest BCUT2D eigenvalue weighted by Gasteiger charge is -2.15. The summed E-state index contributed by atoms with van der Waals surface area (Å²) >= 11 is 0. The Hall–Kier alpha value is -2.49. The van der Waals surface area contributed by atoms with Gasteiger partial charge in [-0.1, -0.05) is 43.3 Å². The van der Waals surface area contributed by atoms with E-state index in [-0.39, 0.29) is 5.91 Å². The molecule has 0 aliphatic heterocycles. The Balaban J connectivity index is 1.73. The summed E-state index contributed by atoms with van der Waals surface area (Å²) in [4.78, 5) is 12.1. The maximum atomic E-state index is 12.1. The van der Waals surface area contributed by atoms with E-state index in [1.165, 1.54) is 5.56 Å². The summed E-state index contributed by atoms with van der Waals surface area (Å²) in [5, 5.41) is 2.93. The van der Waals surface area contributed by atoms with Gasteiger partial charge in [0, 0.05) is 6.54 Å². The van der Waals surface area contributed by atoms with E-state index in [4.69, 9.17) is 9.47 Å². The molecule has 0 bridgehead atoms. The van der Waals surface area contributed by atoms with Crippen molar-refractivity contribution in [2.24, 2.45) is 0 Å². The third-order valence-corrected chi connectivity index (χ3v) is 3.78. The highest BCUT2D eigenvalue weighted by Crippen LogP contribution is 2.19. The van der Waals surface area contributed by atoms with Gasteiger partial charge in [-0.2, -0.15) is 0 Å². The standard InChI is InChI=1S/C21H27NO3/c1-3-16-24-20-14-8-7-10-18(20)11-9-15-22-21(23)17(2)25-19-12-5-4-6-13-19/h4-8,10,12-14,17H,3,9,11,15-16H2,1-2H3,(H,22,23). The molecular weight excluding hydrogens is 314 g/mol. The second-order valence-corrected chi connectivity index (χ2v) is 5.92. The van der Waals surface area contributed by atoms with Crippen LogP contribution < -0.4 is 14.8 Å². The molecule has 1 N–H and O–H groups in total. The van der Waals surface area contributed by atoms with Gasteiger partial charge in [0.05, 0.1) is 6.61 Å². The summed E-state index contributed by atoms with van der Waals surface area (Å²) in [6, 6.07) is 17.5. The number of benzene rings is 2. The average Bonchev–Trinajstić information content (AvgIpc) is 2.65. The first-order valence-electron chi connectivity index (χ1n) is 8.91. The number of ether oxygens (including phenoxy) is 2. The molecule has 0 fully saturated rings. The van der Waals surface area contributed by atoms with Gasteiger partial charge in [0.15, 0.2) is 6.10 Å². The zero-order valence-electron chi connectivity index (χ0n) is 15.0. The van der Waals surface area contributed by atoms with Crippen LogP contribution in [0.3, 0.4) is 0 Å². The molecular formula is C21H27NO3. The van der Waals surface area contributed by atoms with Crippen LogP contribution in [0.25, 0.3) is 0 Å². The predicted molar refractivity (Wildman–Crippen MR) is 100 cm³/mol. The third kappa shape index (κ3) is 6.49. The number of rotatable bonds is 10. The number of amides is 1. The van der Waals surface area contributed by atoms with Crippen molar-refractivity contribution in [1.29, 1.82) is 0 Å². The van der Waals surface area contributed by atoms with Crippen LogP contribution in [-0.4, -0.2) is 25.2 Å². The van der Waals surface area contributed by atoms with Crippen molar-refractivity contribution in [2.75, 3.05) is 13.2 Å². The highest BCUT2D eigenvalue weighted by atomic mass is 16.5. The van der Waals surface area contributed by atoms with E-state index in [1.807, 2.05) is 48.5 Å². The molecule has 2 aromatic carbocycles. The van der Waals surface area contributed by atoms with Gasteiger partial charge in [-0.15, -0.1) is 0 Å². The largest absolute Gasteiger partial charge is 0.493 e. The summed E-state index contributed by atoms with van der Waals surface area (Å²) in [6.07, 6.45) is 2.20. The molecule has 1 unspecified atom stereocenters. The van der Waals surface area contributed by atoms with Crippen molar-refractivity contribution < 1.29 is 14.3 Å². The van der Waals surface area contributed by atoms with Crippen LogP contribution in [0.2, 0.25) is 0 Å². The van der Waals surface area contributed by atoms with Crippen LogP contribution in [0.5, 0.6) is 11.5 Å². The third-order valence-electron chi connectivity index (χ3n) is 3.78. The first-order chi connectivity index (χ1) is 12.2. The molecule has 4 nitrogen and oxygen atoms in total. The SMILES string of the molecule is CCCOc1ccccc1CCCNC(=O)C(C)Oc1ccccc1. The zero-order chi connectivity index (χ0) is 17.9. The Labute approximate surface area is 150 Å². The van der Waals surface area contributed by atoms with Gasteiger partial charge in [0.25, 0.3) is 5.91 Å². The Kier molecular flexibility index (Phi) is 7.83. The van der Waals surface area contributed by atoms with Gasteiger partial charge in [0.2, 0.25) is 0 Å². The van der Waals surface area contributed by atoms with Gasteiger partial charge >= 0.3 is 0 Å². The lowest BCUT2D eigenvalue weighted by atomic mass is 10.1. The van der Waals surface area contributed by atoms with E-state index < -0.39 is 6.10 Å². The molecule has 25 heavy (non-hydrogen) atoms. The van der Waals surface area contributed by atoms with E-state index in [2.05, 4.69) is 18.3 Å². The van der Waals surface area contributed by atoms with E-state index in [1.54, 1.807) is 6.92 Å². The van der Waals surface area contributed by atoms with Crippen LogP contribution in [-0.2, 0) is 11.2 Å². The molecule has 0 aliphatic rings. The highest BCUT2D eigenvalue weighted by Gasteiger charge is 2.13. The summed E-state index contributed by atoms with van der Waals surface area (Å²) in [6.45, 7) is 5.19. The lowest BCUT2D eigenvalue weighted by Crippen LogP contribution is -2.36. The quantitative estimate of drug-likeness (QED) is 0.665. The summed E-state index contributed by atoms with van der Waals surface area (Å²) < 4.78 is 11.4. The maximum absolute atomic E-state index is 12.1. The van der Waals surface area contributed by atoms with E-state index in [0.717, 1.165) is 31.6 Å². The van der Waals surface area contributed by atoms with Crippen LogP contribution in [0.15, 0.2) is 54.6 Å². The highest BCUT2D eigenvalue weighted by molar-refractivity contribution is 5.80. The molecule has 2 rings (SSSR count). The minimum atomic E-state index is -0.512. The molecule has 2 aromatic rings. The zero-order valence-corrected chi connectivity index (χ0v) is 15.0. The monoisotopic (exact) mass is 341 g/mol. The number of hydrogen-bond acceptors (Lipinski definition) is 3. The topological polar surface area (TPSA) is 47.6 Å². The number of para-hydroxylation sites is 2. The van der Waals surface area contributed by atoms with Gasteiger partial charge in [0.1, 0.15) is 11.5 Å². The summed E-state index contributed by atoms with van der Waals surface area (Å²) in [5.41, 5.74) is 1.18. The second-order valence-electron chi connectivity index (χ2n) is 5.92. The van der Waals surface area contributed by atoms with Crippen molar-refractivity contribution in [2.45, 2.75) is 39.2 Å². The van der Waals surface area contributed by atoms with Gasteiger partial charge in [-0.05, 0) is 49.9 Å². The first kappa shape index (κ1) is 18.8. The predicted octanol–water partition coefficient (Wildman–Crippen LogP) is 3.99. The Morgan fingerprint density at radius 1 is 1.08 bits per heavy atom. The van der Waals surface area contributed by atoms with Crippen LogP contribution in [0, 0.1) is 0 Å². The number of carbonyl (C=O) groups is 1. The minimum absolute atomic E-state index is 0.0978. The Bertz CT molecular complexity index is 643. The van der Waals surface area contributed by atoms with Gasteiger partial charge in [-0.3, -0.25) is 4.79 Å². The molecule has 0 spiro atoms. The normalized spacial score (nSPS) is 11.6. The van der Waals surface area contributed by atoms with Crippen LogP contribution in [0.1, 0.15) is 32.3 Å². The molecule has 4 heteroatoms. The van der Waals surface area contributed by atoms with Gasteiger partial charge < -0.3 is 14.8 Å². The second kappa shape index (κ2) is 10.4. The molecule has 134 valence electrons. The molecule has 1 atom stereocenters. The Morgan fingerprint density at radius 2 is 1.80 bits per heavy atom. The van der Waals surface area contributed by atoms with Crippen LogP contribution in [0.4, 0.5) is 0 Å². The summed E-state index contributed by atoms with van der Waals surface area (Å²) in [7, 11) is 0. The fourth-order valence-electron chi connectivity index (χ4n) is 2.45. The smallest absolute Gasteiger partial charge is 0.260 e. The number of carbonyl (C=O) groups excluding carboxylic acids is 1. The fraction of sp³-hybridized carbons (Fsp3) is 0.381. The summed E-state index contributed by atoms with van der Waals surface area (Å²) in [5.74, 6) is 1.54. The van der Waals surface area contributed by atoms with Crippen molar-refractivity contribution in [3.8, 4) is 11.5 Å². The molecule has 0 heterocycles. The molecule has 0 radical (unpaired) electrons. The van der Waals surface area contributed by atoms with Crippen molar-refractivity contribution in [3.05, 3.63) is 60.2 Å². The first-order valence-corrected chi connectivity index (χ1v) is 8.91. The van der Waals surface area contributed by atoms with Crippen molar-refractivity contribution >= 4 is 5.91 Å². The van der Waals surface area contributed by atoms with E-state index in [0.29, 0.717) is 12.3 Å². The molecule has 0 aliphatic carbocycles. The Morgan fingerprint density at radius 3 is 2.56 bits per heavy atom. The van der Waals surface area contributed by atoms with Crippen molar-refractivity contribution in [1.82, 2.24) is 5.32 Å². The van der Waals surface area contributed by atoms with Gasteiger partial charge in [-0.25, -0.2) is 0 Å². The molecule has 0 saturated carbocycles. The minimum Gasteiger partial charge on any atom is -0.493 e. The molecule has 0 aromatic heterocycles. The fourth-order valence-corrected chi connectivity index (χ4v) is 2.45. The van der Waals surface area contributed by atoms with E-state index >= 15 is 0 Å². The number of aryl methyl sites for hydroxylation is 1. The number of hydrogen-bond donors (Lipinski definition) is 1.